The van der Waals surface area contributed by atoms with Crippen LogP contribution in [0.25, 0.3) is 11.0 Å². The second-order valence-corrected chi connectivity index (χ2v) is 8.66. The fourth-order valence-corrected chi connectivity index (χ4v) is 4.70. The summed E-state index contributed by atoms with van der Waals surface area (Å²) in [5.41, 5.74) is 2.95. The summed E-state index contributed by atoms with van der Waals surface area (Å²) in [4.78, 5) is 40.9. The van der Waals surface area contributed by atoms with Crippen molar-refractivity contribution in [2.24, 2.45) is 5.92 Å². The van der Waals surface area contributed by atoms with Crippen LogP contribution in [0.2, 0.25) is 0 Å². The number of nitrogens with one attached hydrogen (secondary N) is 3. The van der Waals surface area contributed by atoms with Gasteiger partial charge in [-0.2, -0.15) is 0 Å². The number of ether oxygens (including phenoxy) is 1. The molecule has 1 heterocycles. The SMILES string of the molecule is COc1cc(NC(=O)C2CCC(n3c(=O)[nH]c4c(C(=O)NCCO)cccc43)CC2)ccc1C. The molecule has 2 amide bonds. The van der Waals surface area contributed by atoms with Crippen LogP contribution in [0.1, 0.15) is 47.6 Å². The molecular formula is C25H30N4O5. The summed E-state index contributed by atoms with van der Waals surface area (Å²) >= 11 is 0. The molecular weight excluding hydrogens is 436 g/mol. The molecule has 1 aliphatic carbocycles. The summed E-state index contributed by atoms with van der Waals surface area (Å²) in [5.74, 6) is 0.216. The predicted octanol–water partition coefficient (Wildman–Crippen LogP) is 2.74. The number of aromatic amines is 1. The van der Waals surface area contributed by atoms with Gasteiger partial charge in [0.05, 0.1) is 30.3 Å². The van der Waals surface area contributed by atoms with Crippen molar-refractivity contribution in [1.82, 2.24) is 14.9 Å². The van der Waals surface area contributed by atoms with Crippen molar-refractivity contribution >= 4 is 28.5 Å². The molecule has 0 spiro atoms. The minimum absolute atomic E-state index is 0.0292. The summed E-state index contributed by atoms with van der Waals surface area (Å²) in [6.45, 7) is 1.93. The summed E-state index contributed by atoms with van der Waals surface area (Å²) in [5, 5.41) is 14.6. The van der Waals surface area contributed by atoms with Crippen molar-refractivity contribution in [3.05, 3.63) is 58.0 Å². The van der Waals surface area contributed by atoms with E-state index in [1.165, 1.54) is 0 Å². The number of aliphatic hydroxyl groups excluding tert-OH is 1. The largest absolute Gasteiger partial charge is 0.496 e. The molecule has 2 aromatic carbocycles. The van der Waals surface area contributed by atoms with Crippen LogP contribution < -0.4 is 21.1 Å². The molecule has 1 aliphatic rings. The van der Waals surface area contributed by atoms with E-state index in [4.69, 9.17) is 9.84 Å². The lowest BCUT2D eigenvalue weighted by Gasteiger charge is -2.28. The number of fused-ring (bicyclic) bond motifs is 1. The summed E-state index contributed by atoms with van der Waals surface area (Å²) in [6, 6.07) is 10.7. The lowest BCUT2D eigenvalue weighted by molar-refractivity contribution is -0.121. The van der Waals surface area contributed by atoms with Crippen molar-refractivity contribution in [3.63, 3.8) is 0 Å². The molecule has 1 aromatic heterocycles. The number of nitrogens with zero attached hydrogens (tertiary/aromatic N) is 1. The number of methoxy groups -OCH3 is 1. The number of imidazole rings is 1. The highest BCUT2D eigenvalue weighted by Gasteiger charge is 2.29. The van der Waals surface area contributed by atoms with Gasteiger partial charge in [-0.25, -0.2) is 4.79 Å². The number of anilines is 1. The van der Waals surface area contributed by atoms with E-state index in [0.29, 0.717) is 48.0 Å². The zero-order valence-corrected chi connectivity index (χ0v) is 19.4. The second-order valence-electron chi connectivity index (χ2n) is 8.66. The first kappa shape index (κ1) is 23.6. The van der Waals surface area contributed by atoms with E-state index in [1.54, 1.807) is 23.8 Å². The first-order chi connectivity index (χ1) is 16.4. The van der Waals surface area contributed by atoms with E-state index in [2.05, 4.69) is 15.6 Å². The van der Waals surface area contributed by atoms with Gasteiger partial charge in [0.2, 0.25) is 5.91 Å². The summed E-state index contributed by atoms with van der Waals surface area (Å²) < 4.78 is 7.04. The highest BCUT2D eigenvalue weighted by atomic mass is 16.5. The van der Waals surface area contributed by atoms with Gasteiger partial charge in [0, 0.05) is 30.3 Å². The molecule has 9 nitrogen and oxygen atoms in total. The molecule has 0 bridgehead atoms. The maximum Gasteiger partial charge on any atom is 0.326 e. The number of rotatable bonds is 7. The third-order valence-electron chi connectivity index (χ3n) is 6.50. The van der Waals surface area contributed by atoms with Gasteiger partial charge in [0.15, 0.2) is 0 Å². The fourth-order valence-electron chi connectivity index (χ4n) is 4.70. The number of H-pyrrole nitrogens is 1. The third-order valence-corrected chi connectivity index (χ3v) is 6.50. The smallest absolute Gasteiger partial charge is 0.326 e. The van der Waals surface area contributed by atoms with Crippen LogP contribution in [0.5, 0.6) is 5.75 Å². The molecule has 1 fully saturated rings. The zero-order chi connectivity index (χ0) is 24.2. The third kappa shape index (κ3) is 4.70. The molecule has 9 heteroatoms. The van der Waals surface area contributed by atoms with Gasteiger partial charge < -0.3 is 25.5 Å². The second kappa shape index (κ2) is 10.1. The molecule has 0 unspecified atom stereocenters. The standard InChI is InChI=1S/C25H30N4O5/c1-15-6-9-17(14-21(15)34-2)27-23(31)16-7-10-18(11-8-16)29-20-5-3-4-19(22(20)28-25(29)33)24(32)26-12-13-30/h3-6,9,14,16,18,30H,7-8,10-13H2,1-2H3,(H,26,32)(H,27,31)(H,28,33). The van der Waals surface area contributed by atoms with Gasteiger partial charge in [-0.15, -0.1) is 0 Å². The minimum Gasteiger partial charge on any atom is -0.496 e. The number of hydrogen-bond acceptors (Lipinski definition) is 5. The maximum absolute atomic E-state index is 12.8. The number of hydrogen-bond donors (Lipinski definition) is 4. The maximum atomic E-state index is 12.8. The normalized spacial score (nSPS) is 18.0. The van der Waals surface area contributed by atoms with Gasteiger partial charge in [0.1, 0.15) is 5.75 Å². The van der Waals surface area contributed by atoms with Gasteiger partial charge in [-0.05, 0) is 56.4 Å². The van der Waals surface area contributed by atoms with Crippen LogP contribution in [-0.4, -0.2) is 46.7 Å². The Kier molecular flexibility index (Phi) is 7.02. The Balaban J connectivity index is 1.46. The topological polar surface area (TPSA) is 125 Å². The molecule has 3 aromatic rings. The van der Waals surface area contributed by atoms with Crippen molar-refractivity contribution in [2.45, 2.75) is 38.6 Å². The van der Waals surface area contributed by atoms with Gasteiger partial charge in [-0.3, -0.25) is 14.2 Å². The fraction of sp³-hybridized carbons (Fsp3) is 0.400. The lowest BCUT2D eigenvalue weighted by atomic mass is 9.85. The summed E-state index contributed by atoms with van der Waals surface area (Å²) in [6.07, 6.45) is 2.69. The van der Waals surface area contributed by atoms with Crippen LogP contribution in [0.15, 0.2) is 41.2 Å². The molecule has 0 saturated heterocycles. The van der Waals surface area contributed by atoms with Gasteiger partial charge in [-0.1, -0.05) is 12.1 Å². The molecule has 0 atom stereocenters. The van der Waals surface area contributed by atoms with E-state index in [0.717, 1.165) is 11.3 Å². The Labute approximate surface area is 197 Å². The van der Waals surface area contributed by atoms with E-state index in [-0.39, 0.29) is 42.6 Å². The number of carbonyl (C=O) groups is 2. The number of carbonyl (C=O) groups excluding carboxylic acids is 2. The monoisotopic (exact) mass is 466 g/mol. The first-order valence-corrected chi connectivity index (χ1v) is 11.5. The van der Waals surface area contributed by atoms with Gasteiger partial charge >= 0.3 is 5.69 Å². The molecule has 1 saturated carbocycles. The van der Waals surface area contributed by atoms with Crippen LogP contribution in [0.3, 0.4) is 0 Å². The lowest BCUT2D eigenvalue weighted by Crippen LogP contribution is -2.31. The van der Waals surface area contributed by atoms with Crippen LogP contribution in [0, 0.1) is 12.8 Å². The number of aliphatic hydroxyl groups is 1. The predicted molar refractivity (Wildman–Crippen MR) is 129 cm³/mol. The van der Waals surface area contributed by atoms with E-state index < -0.39 is 0 Å². The molecule has 0 radical (unpaired) electrons. The van der Waals surface area contributed by atoms with Crippen molar-refractivity contribution in [3.8, 4) is 5.75 Å². The number of amides is 2. The molecule has 0 aliphatic heterocycles. The Morgan fingerprint density at radius 1 is 1.18 bits per heavy atom. The Bertz CT molecular complexity index is 1250. The molecule has 34 heavy (non-hydrogen) atoms. The van der Waals surface area contributed by atoms with E-state index in [9.17, 15) is 14.4 Å². The number of para-hydroxylation sites is 1. The first-order valence-electron chi connectivity index (χ1n) is 11.5. The van der Waals surface area contributed by atoms with E-state index in [1.807, 2.05) is 31.2 Å². The molecule has 180 valence electrons. The van der Waals surface area contributed by atoms with Crippen molar-refractivity contribution < 1.29 is 19.4 Å². The van der Waals surface area contributed by atoms with E-state index >= 15 is 0 Å². The number of aryl methyl sites for hydroxylation is 1. The quantitative estimate of drug-likeness (QED) is 0.426. The van der Waals surface area contributed by atoms with Crippen LogP contribution in [-0.2, 0) is 4.79 Å². The highest BCUT2D eigenvalue weighted by Crippen LogP contribution is 2.34. The Morgan fingerprint density at radius 3 is 2.65 bits per heavy atom. The summed E-state index contributed by atoms with van der Waals surface area (Å²) in [7, 11) is 1.60. The average Bonchev–Trinajstić information content (AvgIpc) is 3.19. The Hall–Kier alpha value is -3.59. The Morgan fingerprint density at radius 2 is 1.94 bits per heavy atom. The molecule has 4 rings (SSSR count). The zero-order valence-electron chi connectivity index (χ0n) is 19.4. The van der Waals surface area contributed by atoms with Crippen molar-refractivity contribution in [2.75, 3.05) is 25.6 Å². The van der Waals surface area contributed by atoms with Crippen LogP contribution >= 0.6 is 0 Å². The molecule has 4 N–H and O–H groups in total. The number of aromatic nitrogens is 2. The average molecular weight is 467 g/mol. The number of benzene rings is 2. The highest BCUT2D eigenvalue weighted by molar-refractivity contribution is 6.04. The van der Waals surface area contributed by atoms with Crippen LogP contribution in [0.4, 0.5) is 5.69 Å². The van der Waals surface area contributed by atoms with Gasteiger partial charge in [0.25, 0.3) is 5.91 Å². The minimum atomic E-state index is -0.346. The van der Waals surface area contributed by atoms with Crippen molar-refractivity contribution in [1.29, 1.82) is 0 Å².